The maximum Gasteiger partial charge on any atom is 0.267 e. The van der Waals surface area contributed by atoms with Crippen LogP contribution >= 0.6 is 11.5 Å². The average Bonchev–Trinajstić information content (AvgIpc) is 3.17. The van der Waals surface area contributed by atoms with Gasteiger partial charge in [0, 0.05) is 13.1 Å². The van der Waals surface area contributed by atoms with Crippen LogP contribution in [0.5, 0.6) is 5.75 Å². The van der Waals surface area contributed by atoms with Crippen molar-refractivity contribution in [3.05, 3.63) is 39.9 Å². The zero-order valence-electron chi connectivity index (χ0n) is 17.3. The zero-order chi connectivity index (χ0) is 20.3. The number of rotatable bonds is 6. The van der Waals surface area contributed by atoms with Crippen molar-refractivity contribution in [2.75, 3.05) is 26.3 Å². The Hall–Kier alpha value is -1.99. The Balaban J connectivity index is 1.44. The number of nitrogens with zero attached hydrogens (tertiary/aromatic N) is 3. The van der Waals surface area contributed by atoms with Crippen molar-refractivity contribution in [1.82, 2.24) is 14.5 Å². The van der Waals surface area contributed by atoms with E-state index in [-0.39, 0.29) is 11.5 Å². The first-order valence-corrected chi connectivity index (χ1v) is 11.4. The molecule has 3 heterocycles. The number of carbonyl (C=O) groups is 1. The predicted molar refractivity (Wildman–Crippen MR) is 113 cm³/mol. The van der Waals surface area contributed by atoms with E-state index in [0.717, 1.165) is 44.6 Å². The quantitative estimate of drug-likeness (QED) is 0.664. The molecule has 0 atom stereocenters. The molecule has 29 heavy (non-hydrogen) atoms. The lowest BCUT2D eigenvalue weighted by atomic mass is 9.79. The number of piperidine rings is 1. The highest BCUT2D eigenvalue weighted by molar-refractivity contribution is 7.07. The van der Waals surface area contributed by atoms with Crippen LogP contribution in [0.3, 0.4) is 0 Å². The molecule has 2 aromatic rings. The van der Waals surface area contributed by atoms with E-state index in [9.17, 15) is 4.79 Å². The van der Waals surface area contributed by atoms with Gasteiger partial charge in [0.15, 0.2) is 0 Å². The predicted octanol–water partition coefficient (Wildman–Crippen LogP) is 4.12. The van der Waals surface area contributed by atoms with Crippen molar-refractivity contribution in [1.29, 1.82) is 0 Å². The third kappa shape index (κ3) is 4.16. The average molecular weight is 416 g/mol. The number of aryl methyl sites for hydroxylation is 1. The van der Waals surface area contributed by atoms with Gasteiger partial charge in [-0.3, -0.25) is 4.79 Å². The summed E-state index contributed by atoms with van der Waals surface area (Å²) in [5.41, 5.74) is 3.02. The summed E-state index contributed by atoms with van der Waals surface area (Å²) in [6.45, 7) is 6.90. The van der Waals surface area contributed by atoms with Gasteiger partial charge in [-0.05, 0) is 67.4 Å². The van der Waals surface area contributed by atoms with E-state index in [1.165, 1.54) is 35.5 Å². The number of hydrogen-bond acceptors (Lipinski definition) is 6. The van der Waals surface area contributed by atoms with E-state index in [4.69, 9.17) is 9.47 Å². The highest BCUT2D eigenvalue weighted by Crippen LogP contribution is 2.42. The van der Waals surface area contributed by atoms with Crippen LogP contribution in [0.4, 0.5) is 0 Å². The number of ether oxygens (including phenoxy) is 2. The summed E-state index contributed by atoms with van der Waals surface area (Å²) in [5.74, 6) is 0.997. The summed E-state index contributed by atoms with van der Waals surface area (Å²) in [6.07, 6.45) is 6.04. The van der Waals surface area contributed by atoms with Crippen LogP contribution in [0.2, 0.25) is 0 Å². The van der Waals surface area contributed by atoms with Gasteiger partial charge in [0.05, 0.1) is 24.5 Å². The second-order valence-corrected chi connectivity index (χ2v) is 8.70. The molecule has 0 aliphatic carbocycles. The summed E-state index contributed by atoms with van der Waals surface area (Å²) in [6, 6.07) is 6.44. The Kier molecular flexibility index (Phi) is 6.15. The van der Waals surface area contributed by atoms with Crippen LogP contribution in [0.1, 0.15) is 65.5 Å². The molecule has 4 rings (SSSR count). The van der Waals surface area contributed by atoms with Crippen molar-refractivity contribution >= 4 is 17.4 Å². The van der Waals surface area contributed by atoms with Crippen LogP contribution < -0.4 is 4.74 Å². The van der Waals surface area contributed by atoms with E-state index in [0.29, 0.717) is 23.7 Å². The molecule has 1 fully saturated rings. The number of hydrogen-bond donors (Lipinski definition) is 0. The lowest BCUT2D eigenvalue weighted by Crippen LogP contribution is -2.48. The molecule has 2 aliphatic heterocycles. The number of benzene rings is 1. The molecule has 1 aromatic heterocycles. The van der Waals surface area contributed by atoms with E-state index in [1.54, 1.807) is 0 Å². The Morgan fingerprint density at radius 3 is 2.86 bits per heavy atom. The van der Waals surface area contributed by atoms with Crippen LogP contribution in [0.15, 0.2) is 18.2 Å². The molecule has 0 saturated carbocycles. The second kappa shape index (κ2) is 8.79. The van der Waals surface area contributed by atoms with Crippen molar-refractivity contribution in [2.24, 2.45) is 0 Å². The summed E-state index contributed by atoms with van der Waals surface area (Å²) in [7, 11) is 0. The molecule has 1 amide bonds. The highest BCUT2D eigenvalue weighted by atomic mass is 32.1. The highest BCUT2D eigenvalue weighted by Gasteiger charge is 2.42. The first-order valence-electron chi connectivity index (χ1n) is 10.6. The molecule has 2 aliphatic rings. The Morgan fingerprint density at radius 1 is 1.31 bits per heavy atom. The lowest BCUT2D eigenvalue weighted by molar-refractivity contribution is -0.0935. The maximum absolute atomic E-state index is 12.8. The molecule has 1 saturated heterocycles. The Bertz CT molecular complexity index is 859. The zero-order valence-corrected chi connectivity index (χ0v) is 18.1. The molecule has 0 bridgehead atoms. The summed E-state index contributed by atoms with van der Waals surface area (Å²) >= 11 is 1.18. The molecule has 1 aromatic carbocycles. The van der Waals surface area contributed by atoms with E-state index in [1.807, 2.05) is 11.8 Å². The second-order valence-electron chi connectivity index (χ2n) is 7.95. The third-order valence-electron chi connectivity index (χ3n) is 6.04. The van der Waals surface area contributed by atoms with Crippen LogP contribution in [0.25, 0.3) is 0 Å². The van der Waals surface area contributed by atoms with Gasteiger partial charge >= 0.3 is 0 Å². The number of aromatic nitrogens is 2. The largest absolute Gasteiger partial charge is 0.494 e. The summed E-state index contributed by atoms with van der Waals surface area (Å²) in [4.78, 5) is 15.4. The van der Waals surface area contributed by atoms with Gasteiger partial charge in [-0.25, -0.2) is 0 Å². The third-order valence-corrected chi connectivity index (χ3v) is 6.85. The Labute approximate surface area is 176 Å². The van der Waals surface area contributed by atoms with Gasteiger partial charge in [0.25, 0.3) is 5.91 Å². The van der Waals surface area contributed by atoms with E-state index >= 15 is 0 Å². The monoisotopic (exact) mass is 415 g/mol. The minimum Gasteiger partial charge on any atom is -0.494 e. The van der Waals surface area contributed by atoms with Crippen molar-refractivity contribution in [3.63, 3.8) is 0 Å². The first kappa shape index (κ1) is 20.3. The molecule has 0 radical (unpaired) electrons. The van der Waals surface area contributed by atoms with Crippen LogP contribution in [0, 0.1) is 6.92 Å². The van der Waals surface area contributed by atoms with Gasteiger partial charge in [0.1, 0.15) is 10.6 Å². The normalized spacial score (nSPS) is 17.9. The van der Waals surface area contributed by atoms with Gasteiger partial charge in [-0.2, -0.15) is 0 Å². The molecule has 0 unspecified atom stereocenters. The van der Waals surface area contributed by atoms with Crippen molar-refractivity contribution < 1.29 is 14.3 Å². The van der Waals surface area contributed by atoms with Crippen molar-refractivity contribution in [3.8, 4) is 5.75 Å². The van der Waals surface area contributed by atoms with Gasteiger partial charge in [0.2, 0.25) is 0 Å². The standard InChI is InChI=1S/C22H29N3O3S/c1-3-4-5-13-27-18-6-7-19-17(15-18)8-14-28-22(19)9-11-25(12-10-22)21(26)20-16(2)23-24-29-20/h6-7,15H,3-5,8-14H2,1-2H3. The number of carbonyl (C=O) groups excluding carboxylic acids is 1. The number of fused-ring (bicyclic) bond motifs is 2. The molecular formula is C22H29N3O3S. The number of unbranched alkanes of at least 4 members (excludes halogenated alkanes) is 2. The molecule has 7 heteroatoms. The first-order chi connectivity index (χ1) is 14.1. The van der Waals surface area contributed by atoms with Gasteiger partial charge in [-0.1, -0.05) is 30.3 Å². The maximum atomic E-state index is 12.8. The van der Waals surface area contributed by atoms with Crippen molar-refractivity contribution in [2.45, 2.75) is 58.0 Å². The molecule has 6 nitrogen and oxygen atoms in total. The fourth-order valence-corrected chi connectivity index (χ4v) is 4.97. The van der Waals surface area contributed by atoms with Gasteiger partial charge in [-0.15, -0.1) is 5.10 Å². The topological polar surface area (TPSA) is 64.6 Å². The molecule has 1 spiro atoms. The fraction of sp³-hybridized carbons (Fsp3) is 0.591. The van der Waals surface area contributed by atoms with Gasteiger partial charge < -0.3 is 14.4 Å². The smallest absolute Gasteiger partial charge is 0.267 e. The SMILES string of the molecule is CCCCCOc1ccc2c(c1)CCOC21CCN(C(=O)c2snnc2C)CC1. The van der Waals surface area contributed by atoms with Crippen LogP contribution in [-0.2, 0) is 16.8 Å². The van der Waals surface area contributed by atoms with E-state index < -0.39 is 0 Å². The molecule has 0 N–H and O–H groups in total. The minimum absolute atomic E-state index is 0.0409. The number of likely N-dealkylation sites (tertiary alicyclic amines) is 1. The minimum atomic E-state index is -0.286. The number of amides is 1. The van der Waals surface area contributed by atoms with Crippen LogP contribution in [-0.4, -0.2) is 46.7 Å². The van der Waals surface area contributed by atoms with E-state index in [2.05, 4.69) is 34.7 Å². The fourth-order valence-electron chi connectivity index (χ4n) is 4.34. The lowest BCUT2D eigenvalue weighted by Gasteiger charge is -2.45. The molecular weight excluding hydrogens is 386 g/mol. The summed E-state index contributed by atoms with van der Waals surface area (Å²) in [5, 5.41) is 3.97. The Morgan fingerprint density at radius 2 is 2.14 bits per heavy atom. The summed E-state index contributed by atoms with van der Waals surface area (Å²) < 4.78 is 16.2. The molecule has 156 valence electrons.